The summed E-state index contributed by atoms with van der Waals surface area (Å²) in [4.78, 5) is -0.00933. The fourth-order valence-electron chi connectivity index (χ4n) is 2.65. The van der Waals surface area contributed by atoms with Gasteiger partial charge < -0.3 is 0 Å². The Morgan fingerprint density at radius 3 is 2.46 bits per heavy atom. The van der Waals surface area contributed by atoms with Crippen molar-refractivity contribution < 1.29 is 16.8 Å². The minimum atomic E-state index is -3.82. The molecule has 1 aliphatic rings. The zero-order valence-corrected chi connectivity index (χ0v) is 15.1. The van der Waals surface area contributed by atoms with Crippen molar-refractivity contribution in [3.8, 4) is 0 Å². The molecule has 1 heterocycles. The minimum Gasteiger partial charge on any atom is -0.280 e. The van der Waals surface area contributed by atoms with Crippen LogP contribution >= 0.6 is 11.6 Å². The Kier molecular flexibility index (Phi) is 4.23. The maximum absolute atomic E-state index is 12.4. The average molecular weight is 387 g/mol. The van der Waals surface area contributed by atoms with Gasteiger partial charge in [-0.15, -0.1) is 0 Å². The van der Waals surface area contributed by atoms with Crippen LogP contribution in [0.5, 0.6) is 0 Å². The van der Waals surface area contributed by atoms with Crippen molar-refractivity contribution in [2.24, 2.45) is 0 Å². The van der Waals surface area contributed by atoms with Crippen LogP contribution in [0.15, 0.2) is 47.4 Å². The Balaban J connectivity index is 1.92. The molecule has 9 heteroatoms. The van der Waals surface area contributed by atoms with Crippen molar-refractivity contribution in [3.63, 3.8) is 0 Å². The Labute approximate surface area is 146 Å². The molecule has 0 aliphatic carbocycles. The molecule has 0 radical (unpaired) electrons. The number of hydrogen-bond donors (Lipinski definition) is 1. The highest BCUT2D eigenvalue weighted by atomic mass is 35.5. The number of rotatable bonds is 4. The highest BCUT2D eigenvalue weighted by molar-refractivity contribution is 7.93. The van der Waals surface area contributed by atoms with Crippen molar-refractivity contribution >= 4 is 43.0 Å². The summed E-state index contributed by atoms with van der Waals surface area (Å²) in [5, 5.41) is 0.134. The lowest BCUT2D eigenvalue weighted by atomic mass is 10.1. The maximum atomic E-state index is 12.4. The topological polar surface area (TPSA) is 83.6 Å². The standard InChI is InChI=1S/C15H15ClN2O4S2/c1-23(19,20)18-9-8-11-10-12(6-7-14(11)18)17-24(21,22)15-5-3-2-4-13(15)16/h2-7,10,17H,8-9H2,1H3. The number of hydrogen-bond acceptors (Lipinski definition) is 4. The van der Waals surface area contributed by atoms with Crippen LogP contribution in [0.1, 0.15) is 5.56 Å². The van der Waals surface area contributed by atoms with Crippen molar-refractivity contribution in [1.29, 1.82) is 0 Å². The maximum Gasteiger partial charge on any atom is 0.263 e. The summed E-state index contributed by atoms with van der Waals surface area (Å²) in [6.07, 6.45) is 1.68. The Hall–Kier alpha value is -1.77. The number of halogens is 1. The lowest BCUT2D eigenvalue weighted by Crippen LogP contribution is -2.27. The number of nitrogens with one attached hydrogen (secondary N) is 1. The molecule has 1 aliphatic heterocycles. The van der Waals surface area contributed by atoms with E-state index in [2.05, 4.69) is 4.72 Å². The van der Waals surface area contributed by atoms with Crippen LogP contribution < -0.4 is 9.03 Å². The van der Waals surface area contributed by atoms with E-state index < -0.39 is 20.0 Å². The second-order valence-corrected chi connectivity index (χ2v) is 9.43. The van der Waals surface area contributed by atoms with Gasteiger partial charge in [0.25, 0.3) is 10.0 Å². The summed E-state index contributed by atoms with van der Waals surface area (Å²) >= 11 is 5.95. The number of benzene rings is 2. The first-order chi connectivity index (χ1) is 11.2. The molecule has 24 heavy (non-hydrogen) atoms. The molecule has 3 rings (SSSR count). The zero-order valence-electron chi connectivity index (χ0n) is 12.7. The van der Waals surface area contributed by atoms with E-state index in [9.17, 15) is 16.8 Å². The van der Waals surface area contributed by atoms with Crippen LogP contribution in [0.2, 0.25) is 5.02 Å². The van der Waals surface area contributed by atoms with E-state index in [1.165, 1.54) is 22.5 Å². The monoisotopic (exact) mass is 386 g/mol. The summed E-state index contributed by atoms with van der Waals surface area (Å²) in [5.74, 6) is 0. The fraction of sp³-hybridized carbons (Fsp3) is 0.200. The lowest BCUT2D eigenvalue weighted by molar-refractivity contribution is 0.597. The fourth-order valence-corrected chi connectivity index (χ4v) is 5.18. The zero-order chi connectivity index (χ0) is 17.5. The molecule has 0 saturated heterocycles. The van der Waals surface area contributed by atoms with Gasteiger partial charge in [0.05, 0.1) is 17.0 Å². The van der Waals surface area contributed by atoms with Gasteiger partial charge in [-0.1, -0.05) is 23.7 Å². The molecule has 0 atom stereocenters. The van der Waals surface area contributed by atoms with Gasteiger partial charge >= 0.3 is 0 Å². The molecule has 6 nitrogen and oxygen atoms in total. The number of fused-ring (bicyclic) bond motifs is 1. The molecule has 2 aromatic rings. The molecule has 128 valence electrons. The van der Waals surface area contributed by atoms with Crippen LogP contribution in [-0.4, -0.2) is 29.6 Å². The van der Waals surface area contributed by atoms with Crippen molar-refractivity contribution in [1.82, 2.24) is 0 Å². The predicted molar refractivity (Wildman–Crippen MR) is 94.6 cm³/mol. The van der Waals surface area contributed by atoms with Gasteiger partial charge in [0.1, 0.15) is 4.90 Å². The smallest absolute Gasteiger partial charge is 0.263 e. The van der Waals surface area contributed by atoms with Crippen LogP contribution in [0.3, 0.4) is 0 Å². The summed E-state index contributed by atoms with van der Waals surface area (Å²) < 4.78 is 52.1. The van der Waals surface area contributed by atoms with E-state index in [-0.39, 0.29) is 9.92 Å². The Bertz CT molecular complexity index is 1000. The van der Waals surface area contributed by atoms with Crippen LogP contribution in [-0.2, 0) is 26.5 Å². The van der Waals surface area contributed by atoms with E-state index in [1.807, 2.05) is 0 Å². The summed E-state index contributed by atoms with van der Waals surface area (Å²) in [6, 6.07) is 11.0. The quantitative estimate of drug-likeness (QED) is 0.874. The third-order valence-corrected chi connectivity index (χ3v) is 6.77. The van der Waals surface area contributed by atoms with Crippen LogP contribution in [0.25, 0.3) is 0 Å². The highest BCUT2D eigenvalue weighted by Gasteiger charge is 2.27. The van der Waals surface area contributed by atoms with Gasteiger partial charge in [0, 0.05) is 12.2 Å². The van der Waals surface area contributed by atoms with Gasteiger partial charge in [-0.05, 0) is 42.3 Å². The number of sulfonamides is 2. The SMILES string of the molecule is CS(=O)(=O)N1CCc2cc(NS(=O)(=O)c3ccccc3Cl)ccc21. The Morgan fingerprint density at radius 1 is 1.08 bits per heavy atom. The summed E-state index contributed by atoms with van der Waals surface area (Å²) in [6.45, 7) is 0.356. The largest absolute Gasteiger partial charge is 0.280 e. The minimum absolute atomic E-state index is 0.00933. The summed E-state index contributed by atoms with van der Waals surface area (Å²) in [7, 11) is -7.15. The molecule has 0 fully saturated rings. The van der Waals surface area contributed by atoms with E-state index in [0.717, 1.165) is 11.8 Å². The molecule has 0 amide bonds. The first-order valence-electron chi connectivity index (χ1n) is 7.06. The van der Waals surface area contributed by atoms with Gasteiger partial charge in [-0.2, -0.15) is 0 Å². The normalized spacial score (nSPS) is 14.5. The number of anilines is 2. The van der Waals surface area contributed by atoms with E-state index in [4.69, 9.17) is 11.6 Å². The second kappa shape index (κ2) is 5.94. The molecule has 0 unspecified atom stereocenters. The third-order valence-electron chi connectivity index (χ3n) is 3.71. The van der Waals surface area contributed by atoms with Crippen molar-refractivity contribution in [3.05, 3.63) is 53.1 Å². The lowest BCUT2D eigenvalue weighted by Gasteiger charge is -2.17. The Morgan fingerprint density at radius 2 is 1.79 bits per heavy atom. The molecule has 0 aromatic heterocycles. The molecule has 2 aromatic carbocycles. The molecule has 1 N–H and O–H groups in total. The van der Waals surface area contributed by atoms with E-state index in [1.54, 1.807) is 24.3 Å². The molecule has 0 bridgehead atoms. The van der Waals surface area contributed by atoms with E-state index >= 15 is 0 Å². The van der Waals surface area contributed by atoms with Gasteiger partial charge in [0.15, 0.2) is 0 Å². The summed E-state index contributed by atoms with van der Waals surface area (Å²) in [5.41, 5.74) is 1.72. The molecule has 0 spiro atoms. The third kappa shape index (κ3) is 3.22. The molecule has 0 saturated carbocycles. The first-order valence-corrected chi connectivity index (χ1v) is 10.8. The molecular weight excluding hydrogens is 372 g/mol. The van der Waals surface area contributed by atoms with Gasteiger partial charge in [0.2, 0.25) is 10.0 Å². The van der Waals surface area contributed by atoms with Crippen molar-refractivity contribution in [2.45, 2.75) is 11.3 Å². The van der Waals surface area contributed by atoms with Gasteiger partial charge in [-0.3, -0.25) is 9.03 Å². The predicted octanol–water partition coefficient (Wildman–Crippen LogP) is 2.46. The second-order valence-electron chi connectivity index (χ2n) is 5.46. The average Bonchev–Trinajstić information content (AvgIpc) is 2.90. The van der Waals surface area contributed by atoms with E-state index in [0.29, 0.717) is 24.3 Å². The number of nitrogens with zero attached hydrogens (tertiary/aromatic N) is 1. The van der Waals surface area contributed by atoms with Crippen molar-refractivity contribution in [2.75, 3.05) is 21.8 Å². The molecular formula is C15H15ClN2O4S2. The first kappa shape index (κ1) is 17.1. The van der Waals surface area contributed by atoms with Gasteiger partial charge in [-0.25, -0.2) is 16.8 Å². The highest BCUT2D eigenvalue weighted by Crippen LogP contribution is 2.33. The van der Waals surface area contributed by atoms with Crippen LogP contribution in [0, 0.1) is 0 Å². The van der Waals surface area contributed by atoms with Crippen LogP contribution in [0.4, 0.5) is 11.4 Å².